The molecule has 4 nitrogen and oxygen atoms in total. The molecule has 0 amide bonds. The third-order valence-corrected chi connectivity index (χ3v) is 7.86. The molecule has 6 rings (SSSR count). The van der Waals surface area contributed by atoms with Crippen molar-refractivity contribution in [1.29, 1.82) is 0 Å². The lowest BCUT2D eigenvalue weighted by Crippen LogP contribution is -2.43. The fraction of sp³-hybridized carbons (Fsp3) is 0.417. The number of aromatic hydroxyl groups is 1. The molecule has 152 valence electrons. The zero-order chi connectivity index (χ0) is 20.2. The Kier molecular flexibility index (Phi) is 4.70. The molecule has 0 aliphatic heterocycles. The van der Waals surface area contributed by atoms with Gasteiger partial charge in [-0.1, -0.05) is 30.3 Å². The second-order valence-electron chi connectivity index (χ2n) is 9.26. The third-order valence-electron chi connectivity index (χ3n) is 7.32. The molecular weight excluding hydrogens is 383 g/mol. The molecule has 0 radical (unpaired) electrons. The number of hydrogen-bond acceptors (Lipinski definition) is 2. The van der Waals surface area contributed by atoms with Gasteiger partial charge in [-0.15, -0.1) is 0 Å². The first-order valence-corrected chi connectivity index (χ1v) is 12.2. The van der Waals surface area contributed by atoms with Gasteiger partial charge < -0.3 is 14.9 Å². The van der Waals surface area contributed by atoms with Gasteiger partial charge in [0.05, 0.1) is 0 Å². The quantitative estimate of drug-likeness (QED) is 0.561. The highest BCUT2D eigenvalue weighted by atomic mass is 31.2. The van der Waals surface area contributed by atoms with Crippen molar-refractivity contribution < 1.29 is 19.5 Å². The Hall–Kier alpha value is -1.87. The Morgan fingerprint density at radius 1 is 0.828 bits per heavy atom. The Labute approximate surface area is 171 Å². The van der Waals surface area contributed by atoms with E-state index in [2.05, 4.69) is 6.07 Å². The summed E-state index contributed by atoms with van der Waals surface area (Å²) in [6.45, 7) is 0. The molecule has 2 aromatic rings. The predicted octanol–water partition coefficient (Wildman–Crippen LogP) is 5.75. The van der Waals surface area contributed by atoms with E-state index in [0.29, 0.717) is 23.5 Å². The topological polar surface area (TPSA) is 77.8 Å². The van der Waals surface area contributed by atoms with Crippen molar-refractivity contribution in [2.45, 2.75) is 38.0 Å². The van der Waals surface area contributed by atoms with Crippen LogP contribution in [0.25, 0.3) is 17.2 Å². The molecule has 4 aliphatic carbocycles. The van der Waals surface area contributed by atoms with Crippen molar-refractivity contribution in [2.75, 3.05) is 0 Å². The van der Waals surface area contributed by atoms with E-state index in [-0.39, 0.29) is 0 Å². The second-order valence-corrected chi connectivity index (χ2v) is 10.7. The number of rotatable bonds is 4. The molecule has 0 unspecified atom stereocenters. The van der Waals surface area contributed by atoms with E-state index in [9.17, 15) is 9.67 Å². The second kappa shape index (κ2) is 7.12. The first-order valence-electron chi connectivity index (χ1n) is 10.5. The molecule has 0 heterocycles. The van der Waals surface area contributed by atoms with Gasteiger partial charge in [0.2, 0.25) is 0 Å². The summed E-state index contributed by atoms with van der Waals surface area (Å²) in [5.41, 5.74) is 3.99. The Morgan fingerprint density at radius 3 is 2.00 bits per heavy atom. The molecule has 3 N–H and O–H groups in total. The van der Waals surface area contributed by atoms with Gasteiger partial charge in [0.1, 0.15) is 5.75 Å². The fourth-order valence-corrected chi connectivity index (χ4v) is 6.77. The lowest BCUT2D eigenvalue weighted by molar-refractivity contribution is -0.00345. The highest BCUT2D eigenvalue weighted by Crippen LogP contribution is 2.60. The molecule has 0 spiro atoms. The van der Waals surface area contributed by atoms with Crippen LogP contribution in [0.2, 0.25) is 0 Å². The van der Waals surface area contributed by atoms with Gasteiger partial charge in [0.15, 0.2) is 0 Å². The molecule has 2 aromatic carbocycles. The Bertz CT molecular complexity index is 960. The van der Waals surface area contributed by atoms with E-state index in [1.807, 2.05) is 36.4 Å². The standard InChI is InChI=1S/C24H27O4P/c25-23-6-5-19(18-3-1-15(2-4-18)7-8-29(26,27)28)14-22(23)24-20-10-16-9-17(12-20)13-21(24)11-16/h1-8,14,16-17,20-21,24-25H,9-13H2,(H2,26,27,28). The van der Waals surface area contributed by atoms with Crippen molar-refractivity contribution >= 4 is 13.7 Å². The normalized spacial score (nSPS) is 30.9. The smallest absolute Gasteiger partial charge is 0.349 e. The molecule has 0 aromatic heterocycles. The highest BCUT2D eigenvalue weighted by Gasteiger charge is 2.49. The van der Waals surface area contributed by atoms with Crippen LogP contribution >= 0.6 is 7.60 Å². The van der Waals surface area contributed by atoms with E-state index in [4.69, 9.17) is 9.79 Å². The van der Waals surface area contributed by atoms with Crippen LogP contribution in [0.1, 0.15) is 49.1 Å². The van der Waals surface area contributed by atoms with E-state index in [0.717, 1.165) is 39.9 Å². The van der Waals surface area contributed by atoms with Crippen molar-refractivity contribution in [3.63, 3.8) is 0 Å². The number of hydrogen-bond donors (Lipinski definition) is 3. The summed E-state index contributed by atoms with van der Waals surface area (Å²) >= 11 is 0. The molecular formula is C24H27O4P. The van der Waals surface area contributed by atoms with Crippen LogP contribution < -0.4 is 0 Å². The molecule has 0 saturated heterocycles. The fourth-order valence-electron chi connectivity index (χ4n) is 6.40. The van der Waals surface area contributed by atoms with Gasteiger partial charge in [0, 0.05) is 5.82 Å². The van der Waals surface area contributed by atoms with Crippen LogP contribution in [-0.2, 0) is 4.57 Å². The lowest BCUT2D eigenvalue weighted by Gasteiger charge is -2.54. The molecule has 4 aliphatic rings. The Morgan fingerprint density at radius 2 is 1.41 bits per heavy atom. The summed E-state index contributed by atoms with van der Waals surface area (Å²) in [6, 6.07) is 13.6. The minimum absolute atomic E-state index is 0.424. The summed E-state index contributed by atoms with van der Waals surface area (Å²) in [5, 5.41) is 10.7. The molecule has 4 saturated carbocycles. The number of benzene rings is 2. The van der Waals surface area contributed by atoms with E-state index in [1.54, 1.807) is 0 Å². The third kappa shape index (κ3) is 3.82. The zero-order valence-corrected chi connectivity index (χ0v) is 17.2. The van der Waals surface area contributed by atoms with Crippen LogP contribution in [0, 0.1) is 23.7 Å². The van der Waals surface area contributed by atoms with Gasteiger partial charge in [0.25, 0.3) is 0 Å². The lowest BCUT2D eigenvalue weighted by atomic mass is 9.50. The van der Waals surface area contributed by atoms with Crippen molar-refractivity contribution in [3.05, 3.63) is 59.4 Å². The zero-order valence-electron chi connectivity index (χ0n) is 16.3. The van der Waals surface area contributed by atoms with Crippen molar-refractivity contribution in [2.24, 2.45) is 23.7 Å². The van der Waals surface area contributed by atoms with E-state index >= 15 is 0 Å². The highest BCUT2D eigenvalue weighted by molar-refractivity contribution is 7.55. The van der Waals surface area contributed by atoms with Crippen molar-refractivity contribution in [3.8, 4) is 16.9 Å². The maximum absolute atomic E-state index is 11.0. The SMILES string of the molecule is O=P(O)(O)C=Cc1ccc(-c2ccc(O)c(C3C4CC5CC(C4)CC3C5)c2)cc1. The van der Waals surface area contributed by atoms with Gasteiger partial charge in [-0.25, -0.2) is 0 Å². The van der Waals surface area contributed by atoms with Crippen LogP contribution in [0.4, 0.5) is 0 Å². The molecule has 0 atom stereocenters. The van der Waals surface area contributed by atoms with Crippen LogP contribution in [0.5, 0.6) is 5.75 Å². The molecule has 4 fully saturated rings. The average Bonchev–Trinajstić information content (AvgIpc) is 2.67. The maximum atomic E-state index is 11.0. The first kappa shape index (κ1) is 19.1. The Balaban J connectivity index is 1.43. The molecule has 5 heteroatoms. The average molecular weight is 410 g/mol. The largest absolute Gasteiger partial charge is 0.508 e. The summed E-state index contributed by atoms with van der Waals surface area (Å²) < 4.78 is 11.0. The van der Waals surface area contributed by atoms with Gasteiger partial charge in [-0.05, 0) is 102 Å². The van der Waals surface area contributed by atoms with Crippen LogP contribution in [-0.4, -0.2) is 14.9 Å². The summed E-state index contributed by atoms with van der Waals surface area (Å²) in [4.78, 5) is 18.0. The van der Waals surface area contributed by atoms with E-state index in [1.165, 1.54) is 38.2 Å². The van der Waals surface area contributed by atoms with Gasteiger partial charge >= 0.3 is 7.60 Å². The number of phenolic OH excluding ortho intramolecular Hbond substituents is 1. The summed E-state index contributed by atoms with van der Waals surface area (Å²) in [7, 11) is -4.15. The first-order chi connectivity index (χ1) is 13.9. The van der Waals surface area contributed by atoms with E-state index < -0.39 is 7.60 Å². The summed E-state index contributed by atoms with van der Waals surface area (Å²) in [5.74, 6) is 5.08. The van der Waals surface area contributed by atoms with Gasteiger partial charge in [-0.3, -0.25) is 4.57 Å². The minimum Gasteiger partial charge on any atom is -0.508 e. The van der Waals surface area contributed by atoms with Crippen molar-refractivity contribution in [1.82, 2.24) is 0 Å². The van der Waals surface area contributed by atoms with Crippen LogP contribution in [0.3, 0.4) is 0 Å². The number of phenols is 1. The van der Waals surface area contributed by atoms with Gasteiger partial charge in [-0.2, -0.15) is 0 Å². The summed E-state index contributed by atoms with van der Waals surface area (Å²) in [6.07, 6.45) is 8.16. The minimum atomic E-state index is -4.15. The monoisotopic (exact) mass is 410 g/mol. The predicted molar refractivity (Wildman–Crippen MR) is 114 cm³/mol. The van der Waals surface area contributed by atoms with Crippen LogP contribution in [0.15, 0.2) is 48.3 Å². The molecule has 4 bridgehead atoms. The molecule has 29 heavy (non-hydrogen) atoms. The maximum Gasteiger partial charge on any atom is 0.349 e.